The van der Waals surface area contributed by atoms with Crippen LogP contribution in [0.15, 0.2) is 17.0 Å². The highest BCUT2D eigenvalue weighted by Crippen LogP contribution is 2.27. The largest absolute Gasteiger partial charge is 0.330 e. The number of rotatable bonds is 4. The molecule has 6 heteroatoms. The summed E-state index contributed by atoms with van der Waals surface area (Å²) in [7, 11) is -3.77. The lowest BCUT2D eigenvalue weighted by atomic mass is 9.97. The van der Waals surface area contributed by atoms with Gasteiger partial charge in [-0.05, 0) is 36.6 Å². The van der Waals surface area contributed by atoms with Crippen molar-refractivity contribution in [1.29, 1.82) is 0 Å². The van der Waals surface area contributed by atoms with Gasteiger partial charge in [0, 0.05) is 6.26 Å². The third kappa shape index (κ3) is 3.23. The predicted molar refractivity (Wildman–Crippen MR) is 61.6 cm³/mol. The Morgan fingerprint density at radius 1 is 1.35 bits per heavy atom. The number of halogens is 2. The summed E-state index contributed by atoms with van der Waals surface area (Å²) in [6.07, 6.45) is 1.31. The van der Waals surface area contributed by atoms with Crippen LogP contribution in [-0.4, -0.2) is 21.2 Å². The molecule has 2 N–H and O–H groups in total. The molecule has 0 bridgehead atoms. The molecule has 1 aromatic carbocycles. The SMILES string of the molecule is CC(CCN)c1cc(F)cc(S(C)(=O)=O)c1F. The van der Waals surface area contributed by atoms with Gasteiger partial charge in [-0.3, -0.25) is 0 Å². The molecule has 0 aliphatic rings. The number of sulfone groups is 1. The molecule has 96 valence electrons. The number of hydrogen-bond acceptors (Lipinski definition) is 3. The Labute approximate surface area is 99.6 Å². The molecular formula is C11H15F2NO2S. The Morgan fingerprint density at radius 2 is 1.94 bits per heavy atom. The second-order valence-corrected chi connectivity index (χ2v) is 6.04. The Balaban J connectivity index is 3.39. The monoisotopic (exact) mass is 263 g/mol. The molecule has 0 saturated carbocycles. The first kappa shape index (κ1) is 14.1. The van der Waals surface area contributed by atoms with E-state index in [9.17, 15) is 17.2 Å². The second-order valence-electron chi connectivity index (χ2n) is 4.06. The van der Waals surface area contributed by atoms with Crippen molar-refractivity contribution in [2.24, 2.45) is 5.73 Å². The zero-order valence-corrected chi connectivity index (χ0v) is 10.5. The van der Waals surface area contributed by atoms with E-state index in [-0.39, 0.29) is 11.5 Å². The van der Waals surface area contributed by atoms with E-state index in [1.165, 1.54) is 0 Å². The first-order valence-corrected chi connectivity index (χ1v) is 7.05. The fraction of sp³-hybridized carbons (Fsp3) is 0.455. The Hall–Kier alpha value is -1.01. The maximum Gasteiger partial charge on any atom is 0.178 e. The van der Waals surface area contributed by atoms with Gasteiger partial charge < -0.3 is 5.73 Å². The smallest absolute Gasteiger partial charge is 0.178 e. The van der Waals surface area contributed by atoms with Gasteiger partial charge in [0.05, 0.1) is 0 Å². The van der Waals surface area contributed by atoms with E-state index in [2.05, 4.69) is 0 Å². The Morgan fingerprint density at radius 3 is 2.41 bits per heavy atom. The highest BCUT2D eigenvalue weighted by Gasteiger charge is 2.21. The molecule has 0 aromatic heterocycles. The van der Waals surface area contributed by atoms with Crippen molar-refractivity contribution in [1.82, 2.24) is 0 Å². The highest BCUT2D eigenvalue weighted by atomic mass is 32.2. The molecule has 0 radical (unpaired) electrons. The minimum Gasteiger partial charge on any atom is -0.330 e. The maximum atomic E-state index is 13.9. The molecule has 1 aromatic rings. The van der Waals surface area contributed by atoms with Crippen LogP contribution in [0.1, 0.15) is 24.8 Å². The van der Waals surface area contributed by atoms with E-state index in [0.717, 1.165) is 12.3 Å². The lowest BCUT2D eigenvalue weighted by molar-refractivity contribution is 0.526. The molecule has 0 heterocycles. The van der Waals surface area contributed by atoms with Crippen molar-refractivity contribution in [3.63, 3.8) is 0 Å². The average molecular weight is 263 g/mol. The summed E-state index contributed by atoms with van der Waals surface area (Å²) in [5.41, 5.74) is 5.40. The van der Waals surface area contributed by atoms with Crippen LogP contribution in [0.2, 0.25) is 0 Å². The van der Waals surface area contributed by atoms with Crippen LogP contribution in [0.5, 0.6) is 0 Å². The summed E-state index contributed by atoms with van der Waals surface area (Å²) in [4.78, 5) is -0.601. The quantitative estimate of drug-likeness (QED) is 0.901. The van der Waals surface area contributed by atoms with Gasteiger partial charge in [0.15, 0.2) is 9.84 Å². The first-order valence-electron chi connectivity index (χ1n) is 5.16. The fourth-order valence-corrected chi connectivity index (χ4v) is 2.39. The average Bonchev–Trinajstić information content (AvgIpc) is 2.19. The van der Waals surface area contributed by atoms with Crippen molar-refractivity contribution >= 4 is 9.84 Å². The molecule has 1 unspecified atom stereocenters. The summed E-state index contributed by atoms with van der Waals surface area (Å²) in [5, 5.41) is 0. The molecule has 1 atom stereocenters. The molecular weight excluding hydrogens is 248 g/mol. The van der Waals surface area contributed by atoms with Crippen molar-refractivity contribution in [2.75, 3.05) is 12.8 Å². The van der Waals surface area contributed by atoms with E-state index >= 15 is 0 Å². The standard InChI is InChI=1S/C11H15F2NO2S/c1-7(3-4-14)9-5-8(12)6-10(11(9)13)17(2,15)16/h5-7H,3-4,14H2,1-2H3. The minimum absolute atomic E-state index is 0.0517. The summed E-state index contributed by atoms with van der Waals surface area (Å²) in [5.74, 6) is -1.96. The topological polar surface area (TPSA) is 60.2 Å². The van der Waals surface area contributed by atoms with Gasteiger partial charge in [-0.15, -0.1) is 0 Å². The third-order valence-electron chi connectivity index (χ3n) is 2.56. The van der Waals surface area contributed by atoms with Crippen molar-refractivity contribution < 1.29 is 17.2 Å². The van der Waals surface area contributed by atoms with E-state index in [1.807, 2.05) is 0 Å². The lowest BCUT2D eigenvalue weighted by Gasteiger charge is -2.13. The third-order valence-corrected chi connectivity index (χ3v) is 3.66. The molecule has 0 aliphatic heterocycles. The minimum atomic E-state index is -3.77. The lowest BCUT2D eigenvalue weighted by Crippen LogP contribution is -2.10. The van der Waals surface area contributed by atoms with Gasteiger partial charge >= 0.3 is 0 Å². The summed E-state index contributed by atoms with van der Waals surface area (Å²) >= 11 is 0. The Bertz CT molecular complexity index is 514. The van der Waals surface area contributed by atoms with Gasteiger partial charge in [-0.25, -0.2) is 17.2 Å². The Kier molecular flexibility index (Phi) is 4.21. The van der Waals surface area contributed by atoms with Crippen LogP contribution in [0.4, 0.5) is 8.78 Å². The van der Waals surface area contributed by atoms with Gasteiger partial charge in [0.25, 0.3) is 0 Å². The van der Waals surface area contributed by atoms with Gasteiger partial charge in [0.1, 0.15) is 16.5 Å². The van der Waals surface area contributed by atoms with Crippen molar-refractivity contribution in [3.05, 3.63) is 29.3 Å². The van der Waals surface area contributed by atoms with Crippen LogP contribution >= 0.6 is 0 Å². The first-order chi connectivity index (χ1) is 7.77. The van der Waals surface area contributed by atoms with Crippen LogP contribution in [0.3, 0.4) is 0 Å². The molecule has 0 saturated heterocycles. The molecule has 0 amide bonds. The molecule has 3 nitrogen and oxygen atoms in total. The van der Waals surface area contributed by atoms with Crippen LogP contribution < -0.4 is 5.73 Å². The number of hydrogen-bond donors (Lipinski definition) is 1. The van der Waals surface area contributed by atoms with E-state index in [0.29, 0.717) is 19.0 Å². The normalized spacial score (nSPS) is 13.7. The van der Waals surface area contributed by atoms with Crippen LogP contribution in [-0.2, 0) is 9.84 Å². The van der Waals surface area contributed by atoms with E-state index in [4.69, 9.17) is 5.73 Å². The van der Waals surface area contributed by atoms with E-state index in [1.54, 1.807) is 6.92 Å². The highest BCUT2D eigenvalue weighted by molar-refractivity contribution is 7.90. The molecule has 17 heavy (non-hydrogen) atoms. The zero-order valence-electron chi connectivity index (χ0n) is 9.70. The van der Waals surface area contributed by atoms with Gasteiger partial charge in [0.2, 0.25) is 0 Å². The molecule has 0 fully saturated rings. The molecule has 1 rings (SSSR count). The maximum absolute atomic E-state index is 13.9. The number of benzene rings is 1. The predicted octanol–water partition coefficient (Wildman–Crippen LogP) is 1.82. The van der Waals surface area contributed by atoms with Crippen LogP contribution in [0.25, 0.3) is 0 Å². The van der Waals surface area contributed by atoms with Crippen LogP contribution in [0, 0.1) is 11.6 Å². The van der Waals surface area contributed by atoms with Crippen molar-refractivity contribution in [3.8, 4) is 0 Å². The molecule has 0 aliphatic carbocycles. The summed E-state index contributed by atoms with van der Waals surface area (Å²) in [6.45, 7) is 2.00. The summed E-state index contributed by atoms with van der Waals surface area (Å²) in [6, 6.07) is 1.72. The second kappa shape index (κ2) is 5.10. The molecule has 0 spiro atoms. The van der Waals surface area contributed by atoms with Gasteiger partial charge in [-0.2, -0.15) is 0 Å². The zero-order chi connectivity index (χ0) is 13.2. The van der Waals surface area contributed by atoms with E-state index < -0.39 is 26.4 Å². The van der Waals surface area contributed by atoms with Gasteiger partial charge in [-0.1, -0.05) is 6.92 Å². The number of nitrogens with two attached hydrogens (primary N) is 1. The van der Waals surface area contributed by atoms with Crippen molar-refractivity contribution in [2.45, 2.75) is 24.2 Å². The fourth-order valence-electron chi connectivity index (χ4n) is 1.62. The summed E-state index contributed by atoms with van der Waals surface area (Å²) < 4.78 is 49.8.